The molecule has 0 saturated carbocycles. The van der Waals surface area contributed by atoms with E-state index in [9.17, 15) is 5.11 Å². The Hall–Kier alpha value is -2.50. The van der Waals surface area contributed by atoms with Crippen molar-refractivity contribution >= 4 is 12.2 Å². The van der Waals surface area contributed by atoms with E-state index in [0.29, 0.717) is 5.75 Å². The fourth-order valence-electron chi connectivity index (χ4n) is 4.96. The van der Waals surface area contributed by atoms with Gasteiger partial charge in [-0.1, -0.05) is 25.0 Å². The first-order chi connectivity index (χ1) is 16.1. The van der Waals surface area contributed by atoms with Crippen LogP contribution in [0.3, 0.4) is 0 Å². The molecule has 5 nitrogen and oxygen atoms in total. The second-order valence-corrected chi connectivity index (χ2v) is 9.34. The lowest BCUT2D eigenvalue weighted by Crippen LogP contribution is -2.30. The highest BCUT2D eigenvalue weighted by Gasteiger charge is 2.18. The molecule has 1 N–H and O–H groups in total. The van der Waals surface area contributed by atoms with Gasteiger partial charge in [0.05, 0.1) is 14.2 Å². The molecule has 2 aromatic rings. The molecule has 2 saturated heterocycles. The Morgan fingerprint density at radius 3 is 1.52 bits per heavy atom. The third-order valence-electron chi connectivity index (χ3n) is 6.82. The molecule has 0 spiro atoms. The smallest absolute Gasteiger partial charge is 0.124 e. The van der Waals surface area contributed by atoms with Gasteiger partial charge in [0.1, 0.15) is 17.2 Å². The Morgan fingerprint density at radius 2 is 1.09 bits per heavy atom. The van der Waals surface area contributed by atoms with E-state index in [1.54, 1.807) is 14.2 Å². The summed E-state index contributed by atoms with van der Waals surface area (Å²) in [7, 11) is 3.34. The predicted molar refractivity (Wildman–Crippen MR) is 135 cm³/mol. The standard InChI is InChI=1S/C28H38N2O3/c1-32-26-17-23(18-27(19-26)33-2)10-9-22-15-24(20-29-11-5-3-6-12-29)28(31)25(16-22)21-30-13-7-4-8-14-30/h9-10,15-19,31H,3-8,11-14,20-21H2,1-2H3/b10-9+. The molecule has 2 fully saturated rings. The van der Waals surface area contributed by atoms with Crippen LogP contribution in [0.4, 0.5) is 0 Å². The molecule has 0 unspecified atom stereocenters. The summed E-state index contributed by atoms with van der Waals surface area (Å²) in [6.45, 7) is 6.09. The fourth-order valence-corrected chi connectivity index (χ4v) is 4.96. The maximum absolute atomic E-state index is 11.2. The van der Waals surface area contributed by atoms with Crippen molar-refractivity contribution in [2.24, 2.45) is 0 Å². The number of hydrogen-bond donors (Lipinski definition) is 1. The van der Waals surface area contributed by atoms with Crippen LogP contribution < -0.4 is 9.47 Å². The molecular formula is C28H38N2O3. The summed E-state index contributed by atoms with van der Waals surface area (Å²) in [5, 5.41) is 11.2. The van der Waals surface area contributed by atoms with Gasteiger partial charge in [-0.2, -0.15) is 0 Å². The lowest BCUT2D eigenvalue weighted by atomic mass is 10.00. The van der Waals surface area contributed by atoms with Crippen molar-refractivity contribution < 1.29 is 14.6 Å². The Morgan fingerprint density at radius 1 is 0.667 bits per heavy atom. The molecule has 4 rings (SSSR count). The number of benzene rings is 2. The SMILES string of the molecule is COc1cc(/C=C/c2cc(CN3CCCCC3)c(O)c(CN3CCCCC3)c2)cc(OC)c1. The van der Waals surface area contributed by atoms with E-state index in [4.69, 9.17) is 9.47 Å². The maximum atomic E-state index is 11.2. The third kappa shape index (κ3) is 6.52. The van der Waals surface area contributed by atoms with Crippen LogP contribution in [-0.2, 0) is 13.1 Å². The summed E-state index contributed by atoms with van der Waals surface area (Å²) in [6, 6.07) is 10.2. The van der Waals surface area contributed by atoms with Crippen LogP contribution in [-0.4, -0.2) is 55.3 Å². The fraction of sp³-hybridized carbons (Fsp3) is 0.500. The van der Waals surface area contributed by atoms with Gasteiger partial charge in [0.25, 0.3) is 0 Å². The van der Waals surface area contributed by atoms with Gasteiger partial charge in [-0.05, 0) is 87.3 Å². The van der Waals surface area contributed by atoms with Crippen molar-refractivity contribution in [1.29, 1.82) is 0 Å². The average Bonchev–Trinajstić information content (AvgIpc) is 2.86. The molecule has 0 amide bonds. The summed E-state index contributed by atoms with van der Waals surface area (Å²) in [4.78, 5) is 4.95. The molecule has 2 heterocycles. The number of phenolic OH excluding ortho intramolecular Hbond substituents is 1. The van der Waals surface area contributed by atoms with Crippen molar-refractivity contribution in [3.63, 3.8) is 0 Å². The summed E-state index contributed by atoms with van der Waals surface area (Å²) in [5.74, 6) is 2.03. The zero-order chi connectivity index (χ0) is 23.0. The number of likely N-dealkylation sites (tertiary alicyclic amines) is 2. The largest absolute Gasteiger partial charge is 0.507 e. The van der Waals surface area contributed by atoms with E-state index in [2.05, 4.69) is 34.1 Å². The van der Waals surface area contributed by atoms with Crippen LogP contribution in [0.15, 0.2) is 30.3 Å². The first-order valence-corrected chi connectivity index (χ1v) is 12.4. The van der Waals surface area contributed by atoms with Gasteiger partial charge in [0.15, 0.2) is 0 Å². The zero-order valence-corrected chi connectivity index (χ0v) is 20.2. The Kier molecular flexibility index (Phi) is 8.30. The van der Waals surface area contributed by atoms with Crippen LogP contribution in [0.25, 0.3) is 12.2 Å². The van der Waals surface area contributed by atoms with E-state index < -0.39 is 0 Å². The highest BCUT2D eigenvalue weighted by atomic mass is 16.5. The van der Waals surface area contributed by atoms with Crippen molar-refractivity contribution in [3.8, 4) is 17.2 Å². The first kappa shape index (κ1) is 23.7. The number of phenols is 1. The van der Waals surface area contributed by atoms with Crippen molar-refractivity contribution in [1.82, 2.24) is 9.80 Å². The first-order valence-electron chi connectivity index (χ1n) is 12.4. The molecule has 33 heavy (non-hydrogen) atoms. The third-order valence-corrected chi connectivity index (χ3v) is 6.82. The molecular weight excluding hydrogens is 412 g/mol. The van der Waals surface area contributed by atoms with Gasteiger partial charge < -0.3 is 14.6 Å². The minimum atomic E-state index is 0.478. The Labute approximate surface area is 198 Å². The number of aromatic hydroxyl groups is 1. The topological polar surface area (TPSA) is 45.2 Å². The molecule has 0 atom stereocenters. The summed E-state index contributed by atoms with van der Waals surface area (Å²) in [6.07, 6.45) is 11.8. The van der Waals surface area contributed by atoms with Gasteiger partial charge in [0.2, 0.25) is 0 Å². The molecule has 0 bridgehead atoms. The summed E-state index contributed by atoms with van der Waals surface area (Å²) in [5.41, 5.74) is 4.21. The molecule has 0 radical (unpaired) electrons. The highest BCUT2D eigenvalue weighted by Crippen LogP contribution is 2.30. The molecule has 0 aliphatic carbocycles. The van der Waals surface area contributed by atoms with Crippen LogP contribution in [0.5, 0.6) is 17.2 Å². The van der Waals surface area contributed by atoms with Crippen molar-refractivity contribution in [2.45, 2.75) is 51.6 Å². The number of rotatable bonds is 8. The number of hydrogen-bond acceptors (Lipinski definition) is 5. The monoisotopic (exact) mass is 450 g/mol. The quantitative estimate of drug-likeness (QED) is 0.534. The van der Waals surface area contributed by atoms with Gasteiger partial charge >= 0.3 is 0 Å². The van der Waals surface area contributed by atoms with Crippen LogP contribution in [0, 0.1) is 0 Å². The number of ether oxygens (including phenoxy) is 2. The molecule has 2 aromatic carbocycles. The predicted octanol–water partition coefficient (Wildman–Crippen LogP) is 5.55. The lowest BCUT2D eigenvalue weighted by Gasteiger charge is -2.29. The van der Waals surface area contributed by atoms with E-state index in [-0.39, 0.29) is 0 Å². The highest BCUT2D eigenvalue weighted by molar-refractivity contribution is 5.72. The molecule has 178 valence electrons. The second kappa shape index (κ2) is 11.6. The number of piperidine rings is 2. The Bertz CT molecular complexity index is 881. The molecule has 2 aliphatic heterocycles. The number of nitrogens with zero attached hydrogens (tertiary/aromatic N) is 2. The van der Waals surface area contributed by atoms with E-state index >= 15 is 0 Å². The van der Waals surface area contributed by atoms with Gasteiger partial charge in [-0.25, -0.2) is 0 Å². The van der Waals surface area contributed by atoms with Crippen LogP contribution in [0.1, 0.15) is 60.8 Å². The second-order valence-electron chi connectivity index (χ2n) is 9.34. The van der Waals surface area contributed by atoms with Crippen molar-refractivity contribution in [3.05, 3.63) is 52.6 Å². The molecule has 2 aliphatic rings. The minimum absolute atomic E-state index is 0.478. The molecule has 0 aromatic heterocycles. The van der Waals surface area contributed by atoms with Gasteiger partial charge in [-0.15, -0.1) is 0 Å². The maximum Gasteiger partial charge on any atom is 0.124 e. The Balaban J connectivity index is 1.62. The van der Waals surface area contributed by atoms with Gasteiger partial charge in [-0.3, -0.25) is 9.80 Å². The van der Waals surface area contributed by atoms with E-state index in [1.165, 1.54) is 38.5 Å². The van der Waals surface area contributed by atoms with Gasteiger partial charge in [0, 0.05) is 30.3 Å². The van der Waals surface area contributed by atoms with Crippen LogP contribution >= 0.6 is 0 Å². The summed E-state index contributed by atoms with van der Waals surface area (Å²) < 4.78 is 10.8. The van der Waals surface area contributed by atoms with E-state index in [1.807, 2.05) is 18.2 Å². The summed E-state index contributed by atoms with van der Waals surface area (Å²) >= 11 is 0. The lowest BCUT2D eigenvalue weighted by molar-refractivity contribution is 0.213. The van der Waals surface area contributed by atoms with Crippen LogP contribution in [0.2, 0.25) is 0 Å². The zero-order valence-electron chi connectivity index (χ0n) is 20.2. The molecule has 5 heteroatoms. The van der Waals surface area contributed by atoms with Crippen molar-refractivity contribution in [2.75, 3.05) is 40.4 Å². The average molecular weight is 451 g/mol. The minimum Gasteiger partial charge on any atom is -0.507 e. The van der Waals surface area contributed by atoms with E-state index in [0.717, 1.165) is 73.0 Å². The normalized spacial score (nSPS) is 18.0. The number of methoxy groups -OCH3 is 2.